The van der Waals surface area contributed by atoms with Crippen LogP contribution in [-0.2, 0) is 20.0 Å². The van der Waals surface area contributed by atoms with Crippen LogP contribution >= 0.6 is 0 Å². The fraction of sp³-hybridized carbons (Fsp3) is 0.261. The number of aryl methyl sites for hydroxylation is 1. The first-order chi connectivity index (χ1) is 16.6. The van der Waals surface area contributed by atoms with Gasteiger partial charge >= 0.3 is 0 Å². The molecule has 2 aromatic carbocycles. The van der Waals surface area contributed by atoms with Gasteiger partial charge in [-0.2, -0.15) is 4.31 Å². The Morgan fingerprint density at radius 2 is 1.49 bits per heavy atom. The second kappa shape index (κ2) is 10.1. The number of anilines is 2. The van der Waals surface area contributed by atoms with Crippen LogP contribution in [-0.4, -0.2) is 50.1 Å². The SMILES string of the molecule is Cc1ccnc(NS(=O)(=O)c2ccc(NC(=O)c3ccc(S(=O)(=O)N4CCCCC4)cc3)cc2)n1. The summed E-state index contributed by atoms with van der Waals surface area (Å²) >= 11 is 0. The third-order valence-electron chi connectivity index (χ3n) is 5.51. The molecule has 12 heteroatoms. The molecular formula is C23H25N5O5S2. The molecule has 2 heterocycles. The summed E-state index contributed by atoms with van der Waals surface area (Å²) in [6.07, 6.45) is 4.16. The summed E-state index contributed by atoms with van der Waals surface area (Å²) in [5.74, 6) is -0.484. The van der Waals surface area contributed by atoms with Gasteiger partial charge in [0.2, 0.25) is 16.0 Å². The van der Waals surface area contributed by atoms with E-state index in [0.29, 0.717) is 24.5 Å². The van der Waals surface area contributed by atoms with Crippen molar-refractivity contribution >= 4 is 37.6 Å². The topological polar surface area (TPSA) is 138 Å². The molecule has 1 amide bonds. The van der Waals surface area contributed by atoms with Crippen molar-refractivity contribution in [2.75, 3.05) is 23.1 Å². The van der Waals surface area contributed by atoms with E-state index in [1.807, 2.05) is 0 Å². The smallest absolute Gasteiger partial charge is 0.264 e. The lowest BCUT2D eigenvalue weighted by Crippen LogP contribution is -2.35. The van der Waals surface area contributed by atoms with Crippen LogP contribution < -0.4 is 10.0 Å². The van der Waals surface area contributed by atoms with Crippen molar-refractivity contribution in [3.05, 3.63) is 72.1 Å². The van der Waals surface area contributed by atoms with Crippen molar-refractivity contribution < 1.29 is 21.6 Å². The zero-order valence-corrected chi connectivity index (χ0v) is 20.6. The monoisotopic (exact) mass is 515 g/mol. The van der Waals surface area contributed by atoms with Crippen LogP contribution in [0.25, 0.3) is 0 Å². The number of carbonyl (C=O) groups is 1. The predicted octanol–water partition coefficient (Wildman–Crippen LogP) is 3.01. The molecule has 0 saturated carbocycles. The normalized spacial score (nSPS) is 14.9. The number of benzene rings is 2. The van der Waals surface area contributed by atoms with Crippen LogP contribution in [0.5, 0.6) is 0 Å². The molecule has 1 saturated heterocycles. The Kier molecular flexibility index (Phi) is 7.15. The number of rotatable bonds is 7. The van der Waals surface area contributed by atoms with Gasteiger partial charge < -0.3 is 5.32 Å². The average molecular weight is 516 g/mol. The minimum atomic E-state index is -3.90. The molecule has 1 aromatic heterocycles. The van der Waals surface area contributed by atoms with E-state index in [1.165, 1.54) is 59.0 Å². The van der Waals surface area contributed by atoms with Gasteiger partial charge in [0.25, 0.3) is 15.9 Å². The van der Waals surface area contributed by atoms with Crippen LogP contribution in [0.4, 0.5) is 11.6 Å². The Morgan fingerprint density at radius 1 is 0.857 bits per heavy atom. The Hall–Kier alpha value is -3.35. The van der Waals surface area contributed by atoms with Gasteiger partial charge in [-0.3, -0.25) is 4.79 Å². The van der Waals surface area contributed by atoms with Gasteiger partial charge in [-0.1, -0.05) is 6.42 Å². The molecule has 1 aliphatic rings. The van der Waals surface area contributed by atoms with Gasteiger partial charge in [-0.05, 0) is 74.4 Å². The molecule has 3 aromatic rings. The molecule has 2 N–H and O–H groups in total. The van der Waals surface area contributed by atoms with Crippen LogP contribution in [0.3, 0.4) is 0 Å². The molecule has 4 rings (SSSR count). The fourth-order valence-corrected chi connectivity index (χ4v) is 6.10. The molecule has 35 heavy (non-hydrogen) atoms. The molecule has 0 bridgehead atoms. The number of piperidine rings is 1. The molecule has 0 radical (unpaired) electrons. The van der Waals surface area contributed by atoms with Crippen molar-refractivity contribution in [2.24, 2.45) is 0 Å². The maximum absolute atomic E-state index is 12.8. The van der Waals surface area contributed by atoms with Crippen LogP contribution in [0.2, 0.25) is 0 Å². The Bertz CT molecular complexity index is 1420. The average Bonchev–Trinajstić information content (AvgIpc) is 2.85. The number of hydrogen-bond donors (Lipinski definition) is 2. The number of nitrogens with one attached hydrogen (secondary N) is 2. The largest absolute Gasteiger partial charge is 0.322 e. The lowest BCUT2D eigenvalue weighted by atomic mass is 10.2. The molecule has 0 unspecified atom stereocenters. The number of carbonyl (C=O) groups excluding carboxylic acids is 1. The predicted molar refractivity (Wildman–Crippen MR) is 131 cm³/mol. The lowest BCUT2D eigenvalue weighted by Gasteiger charge is -2.25. The Morgan fingerprint density at radius 3 is 2.11 bits per heavy atom. The summed E-state index contributed by atoms with van der Waals surface area (Å²) in [4.78, 5) is 20.7. The van der Waals surface area contributed by atoms with Gasteiger partial charge in [-0.25, -0.2) is 31.5 Å². The zero-order chi connectivity index (χ0) is 25.1. The molecule has 0 atom stereocenters. The molecule has 0 aliphatic carbocycles. The molecule has 184 valence electrons. The molecule has 10 nitrogen and oxygen atoms in total. The van der Waals surface area contributed by atoms with E-state index in [0.717, 1.165) is 19.3 Å². The molecule has 1 fully saturated rings. The van der Waals surface area contributed by atoms with Gasteiger partial charge in [0.05, 0.1) is 9.79 Å². The minimum absolute atomic E-state index is 0.0205. The van der Waals surface area contributed by atoms with E-state index in [-0.39, 0.29) is 21.3 Å². The quantitative estimate of drug-likeness (QED) is 0.493. The highest BCUT2D eigenvalue weighted by molar-refractivity contribution is 7.92. The number of nitrogens with zero attached hydrogens (tertiary/aromatic N) is 3. The number of amides is 1. The van der Waals surface area contributed by atoms with E-state index in [1.54, 1.807) is 13.0 Å². The summed E-state index contributed by atoms with van der Waals surface area (Å²) in [5, 5.41) is 2.68. The van der Waals surface area contributed by atoms with Gasteiger partial charge in [0.1, 0.15) is 0 Å². The summed E-state index contributed by atoms with van der Waals surface area (Å²) in [6, 6.07) is 13.0. The third kappa shape index (κ3) is 5.84. The maximum atomic E-state index is 12.8. The lowest BCUT2D eigenvalue weighted by molar-refractivity contribution is 0.102. The van der Waals surface area contributed by atoms with Gasteiger partial charge in [0.15, 0.2) is 0 Å². The zero-order valence-electron chi connectivity index (χ0n) is 19.0. The summed E-state index contributed by atoms with van der Waals surface area (Å²) in [7, 11) is -7.48. The molecule has 1 aliphatic heterocycles. The number of hydrogen-bond acceptors (Lipinski definition) is 7. The first-order valence-electron chi connectivity index (χ1n) is 11.0. The maximum Gasteiger partial charge on any atom is 0.264 e. The van der Waals surface area contributed by atoms with E-state index >= 15 is 0 Å². The first-order valence-corrected chi connectivity index (χ1v) is 13.9. The van der Waals surface area contributed by atoms with Crippen LogP contribution in [0.1, 0.15) is 35.3 Å². The second-order valence-corrected chi connectivity index (χ2v) is 11.7. The second-order valence-electron chi connectivity index (χ2n) is 8.09. The summed E-state index contributed by atoms with van der Waals surface area (Å²) in [5.41, 5.74) is 1.27. The van der Waals surface area contributed by atoms with Crippen molar-refractivity contribution in [3.63, 3.8) is 0 Å². The van der Waals surface area contributed by atoms with E-state index in [4.69, 9.17) is 0 Å². The Balaban J connectivity index is 1.42. The Labute approximate surface area is 204 Å². The van der Waals surface area contributed by atoms with Crippen molar-refractivity contribution in [1.82, 2.24) is 14.3 Å². The minimum Gasteiger partial charge on any atom is -0.322 e. The van der Waals surface area contributed by atoms with Crippen molar-refractivity contribution in [3.8, 4) is 0 Å². The fourth-order valence-electron chi connectivity index (χ4n) is 3.63. The first kappa shape index (κ1) is 24.8. The van der Waals surface area contributed by atoms with Gasteiger partial charge in [-0.15, -0.1) is 0 Å². The highest BCUT2D eigenvalue weighted by atomic mass is 32.2. The van der Waals surface area contributed by atoms with E-state index in [9.17, 15) is 21.6 Å². The third-order valence-corrected chi connectivity index (χ3v) is 8.77. The highest BCUT2D eigenvalue weighted by Crippen LogP contribution is 2.22. The van der Waals surface area contributed by atoms with Crippen LogP contribution in [0, 0.1) is 6.92 Å². The van der Waals surface area contributed by atoms with Gasteiger partial charge in [0, 0.05) is 36.2 Å². The van der Waals surface area contributed by atoms with Crippen LogP contribution in [0.15, 0.2) is 70.6 Å². The van der Waals surface area contributed by atoms with E-state index < -0.39 is 26.0 Å². The summed E-state index contributed by atoms with van der Waals surface area (Å²) < 4.78 is 54.4. The summed E-state index contributed by atoms with van der Waals surface area (Å²) in [6.45, 7) is 2.73. The molecule has 0 spiro atoms. The highest BCUT2D eigenvalue weighted by Gasteiger charge is 2.26. The van der Waals surface area contributed by atoms with Crippen molar-refractivity contribution in [2.45, 2.75) is 36.0 Å². The number of aromatic nitrogens is 2. The standard InChI is InChI=1S/C23H25N5O5S2/c1-17-13-14-24-23(25-17)27-34(30,31)20-11-7-19(8-12-20)26-22(29)18-5-9-21(10-6-18)35(32,33)28-15-3-2-4-16-28/h5-14H,2-4,15-16H2,1H3,(H,26,29)(H,24,25,27). The number of sulfonamides is 2. The van der Waals surface area contributed by atoms with E-state index in [2.05, 4.69) is 20.0 Å². The molecular weight excluding hydrogens is 490 g/mol. The van der Waals surface area contributed by atoms with Crippen molar-refractivity contribution in [1.29, 1.82) is 0 Å².